The summed E-state index contributed by atoms with van der Waals surface area (Å²) in [5.41, 5.74) is 2.07. The third-order valence-corrected chi connectivity index (χ3v) is 5.23. The van der Waals surface area contributed by atoms with Crippen LogP contribution in [0.5, 0.6) is 0 Å². The smallest absolute Gasteiger partial charge is 0.321 e. The van der Waals surface area contributed by atoms with Crippen LogP contribution in [0.1, 0.15) is 38.5 Å². The molecule has 0 radical (unpaired) electrons. The van der Waals surface area contributed by atoms with Gasteiger partial charge in [0, 0.05) is 44.2 Å². The number of piperidine rings is 1. The monoisotopic (exact) mass is 331 g/mol. The van der Waals surface area contributed by atoms with Gasteiger partial charge in [-0.05, 0) is 49.8 Å². The molecule has 0 bridgehead atoms. The molecule has 0 aliphatic carbocycles. The summed E-state index contributed by atoms with van der Waals surface area (Å²) in [4.78, 5) is 16.7. The lowest BCUT2D eigenvalue weighted by Gasteiger charge is -2.31. The van der Waals surface area contributed by atoms with Crippen molar-refractivity contribution in [1.29, 1.82) is 0 Å². The Balaban J connectivity index is 1.59. The molecule has 2 saturated heterocycles. The molecule has 0 spiro atoms. The van der Waals surface area contributed by atoms with Crippen LogP contribution in [0.2, 0.25) is 0 Å². The van der Waals surface area contributed by atoms with Crippen LogP contribution in [0.3, 0.4) is 0 Å². The molecule has 2 heterocycles. The van der Waals surface area contributed by atoms with E-state index in [9.17, 15) is 9.90 Å². The molecule has 5 heteroatoms. The maximum atomic E-state index is 12.4. The number of carbonyl (C=O) groups is 1. The van der Waals surface area contributed by atoms with Crippen LogP contribution in [0.4, 0.5) is 16.2 Å². The molecule has 132 valence electrons. The maximum absolute atomic E-state index is 12.4. The second-order valence-corrected chi connectivity index (χ2v) is 6.99. The molecule has 2 N–H and O–H groups in total. The summed E-state index contributed by atoms with van der Waals surface area (Å²) in [5, 5.41) is 12.2. The van der Waals surface area contributed by atoms with Crippen LogP contribution in [0.25, 0.3) is 0 Å². The molecule has 24 heavy (non-hydrogen) atoms. The van der Waals surface area contributed by atoms with Crippen molar-refractivity contribution >= 4 is 17.4 Å². The van der Waals surface area contributed by atoms with Gasteiger partial charge in [0.05, 0.1) is 0 Å². The van der Waals surface area contributed by atoms with Gasteiger partial charge < -0.3 is 20.2 Å². The zero-order valence-electron chi connectivity index (χ0n) is 14.4. The second kappa shape index (κ2) is 8.38. The van der Waals surface area contributed by atoms with E-state index in [4.69, 9.17) is 0 Å². The average Bonchev–Trinajstić information content (AvgIpc) is 2.91. The first kappa shape index (κ1) is 17.1. The minimum Gasteiger partial charge on any atom is -0.396 e. The molecule has 1 aromatic carbocycles. The van der Waals surface area contributed by atoms with E-state index in [1.54, 1.807) is 0 Å². The van der Waals surface area contributed by atoms with Gasteiger partial charge in [-0.2, -0.15) is 0 Å². The molecule has 2 fully saturated rings. The van der Waals surface area contributed by atoms with Crippen LogP contribution >= 0.6 is 0 Å². The SMILES string of the molecule is O=C(Nc1cccc(N2CCCCCC2)c1)N1CCC(CO)CC1. The Morgan fingerprint density at radius 2 is 1.79 bits per heavy atom. The molecule has 0 unspecified atom stereocenters. The third-order valence-electron chi connectivity index (χ3n) is 5.23. The highest BCUT2D eigenvalue weighted by Crippen LogP contribution is 2.23. The normalized spacial score (nSPS) is 19.9. The number of nitrogens with zero attached hydrogens (tertiary/aromatic N) is 2. The zero-order valence-corrected chi connectivity index (χ0v) is 14.4. The molecule has 0 atom stereocenters. The molecule has 5 nitrogen and oxygen atoms in total. The van der Waals surface area contributed by atoms with E-state index >= 15 is 0 Å². The number of amides is 2. The average molecular weight is 331 g/mol. The van der Waals surface area contributed by atoms with Gasteiger partial charge >= 0.3 is 6.03 Å². The number of anilines is 2. The first-order valence-corrected chi connectivity index (χ1v) is 9.28. The summed E-state index contributed by atoms with van der Waals surface area (Å²) in [6.07, 6.45) is 6.90. The number of benzene rings is 1. The third kappa shape index (κ3) is 4.41. The predicted octanol–water partition coefficient (Wildman–Crippen LogP) is 3.30. The Kier molecular flexibility index (Phi) is 5.96. The fraction of sp³-hybridized carbons (Fsp3) is 0.632. The van der Waals surface area contributed by atoms with E-state index in [2.05, 4.69) is 22.3 Å². The van der Waals surface area contributed by atoms with Gasteiger partial charge in [0.2, 0.25) is 0 Å². The highest BCUT2D eigenvalue weighted by molar-refractivity contribution is 5.90. The number of urea groups is 1. The van der Waals surface area contributed by atoms with Crippen LogP contribution in [0.15, 0.2) is 24.3 Å². The van der Waals surface area contributed by atoms with Crippen molar-refractivity contribution in [3.63, 3.8) is 0 Å². The van der Waals surface area contributed by atoms with Gasteiger partial charge in [0.15, 0.2) is 0 Å². The molecule has 0 saturated carbocycles. The number of hydrogen-bond donors (Lipinski definition) is 2. The van der Waals surface area contributed by atoms with Gasteiger partial charge in [-0.3, -0.25) is 0 Å². The Morgan fingerprint density at radius 3 is 2.46 bits per heavy atom. The van der Waals surface area contributed by atoms with Crippen LogP contribution in [-0.4, -0.2) is 48.8 Å². The van der Waals surface area contributed by atoms with Crippen molar-refractivity contribution in [2.24, 2.45) is 5.92 Å². The van der Waals surface area contributed by atoms with Crippen molar-refractivity contribution in [1.82, 2.24) is 4.90 Å². The summed E-state index contributed by atoms with van der Waals surface area (Å²) in [7, 11) is 0. The van der Waals surface area contributed by atoms with E-state index in [0.717, 1.165) is 44.7 Å². The number of carbonyl (C=O) groups excluding carboxylic acids is 1. The highest BCUT2D eigenvalue weighted by Gasteiger charge is 2.22. The Labute approximate surface area is 144 Å². The van der Waals surface area contributed by atoms with Gasteiger partial charge in [-0.25, -0.2) is 4.79 Å². The van der Waals surface area contributed by atoms with Gasteiger partial charge in [-0.15, -0.1) is 0 Å². The molecule has 2 amide bonds. The molecule has 1 aromatic rings. The van der Waals surface area contributed by atoms with Crippen LogP contribution < -0.4 is 10.2 Å². The second-order valence-electron chi connectivity index (χ2n) is 6.99. The fourth-order valence-electron chi connectivity index (χ4n) is 3.63. The van der Waals surface area contributed by atoms with Crippen molar-refractivity contribution in [2.45, 2.75) is 38.5 Å². The number of likely N-dealkylation sites (tertiary alicyclic amines) is 1. The Bertz CT molecular complexity index is 533. The lowest BCUT2D eigenvalue weighted by molar-refractivity contribution is 0.143. The van der Waals surface area contributed by atoms with E-state index in [0.29, 0.717) is 5.92 Å². The molecule has 2 aliphatic rings. The zero-order chi connectivity index (χ0) is 16.8. The van der Waals surface area contributed by atoms with Gasteiger partial charge in [0.1, 0.15) is 0 Å². The van der Waals surface area contributed by atoms with Gasteiger partial charge in [0.25, 0.3) is 0 Å². The first-order chi connectivity index (χ1) is 11.8. The summed E-state index contributed by atoms with van der Waals surface area (Å²) in [6.45, 7) is 3.89. The van der Waals surface area contributed by atoms with E-state index in [1.807, 2.05) is 17.0 Å². The predicted molar refractivity (Wildman–Crippen MR) is 97.5 cm³/mol. The number of aliphatic hydroxyl groups is 1. The van der Waals surface area contributed by atoms with Crippen LogP contribution in [-0.2, 0) is 0 Å². The van der Waals surface area contributed by atoms with Crippen molar-refractivity contribution in [3.05, 3.63) is 24.3 Å². The maximum Gasteiger partial charge on any atom is 0.321 e. The lowest BCUT2D eigenvalue weighted by Crippen LogP contribution is -2.41. The van der Waals surface area contributed by atoms with Crippen molar-refractivity contribution in [2.75, 3.05) is 43.0 Å². The minimum absolute atomic E-state index is 0.0283. The summed E-state index contributed by atoms with van der Waals surface area (Å²) in [5.74, 6) is 0.348. The summed E-state index contributed by atoms with van der Waals surface area (Å²) >= 11 is 0. The minimum atomic E-state index is -0.0283. The fourth-order valence-corrected chi connectivity index (χ4v) is 3.63. The number of rotatable bonds is 3. The Hall–Kier alpha value is -1.75. The first-order valence-electron chi connectivity index (χ1n) is 9.28. The molecule has 3 rings (SSSR count). The number of nitrogens with one attached hydrogen (secondary N) is 1. The molecule has 2 aliphatic heterocycles. The summed E-state index contributed by atoms with van der Waals surface area (Å²) in [6, 6.07) is 8.17. The standard InChI is InChI=1S/C19H29N3O2/c23-15-16-8-12-22(13-9-16)19(24)20-17-6-5-7-18(14-17)21-10-3-1-2-4-11-21/h5-7,14,16,23H,1-4,8-13,15H2,(H,20,24). The molecular weight excluding hydrogens is 302 g/mol. The number of aliphatic hydroxyl groups excluding tert-OH is 1. The van der Waals surface area contributed by atoms with E-state index in [1.165, 1.54) is 31.4 Å². The van der Waals surface area contributed by atoms with Crippen molar-refractivity contribution in [3.8, 4) is 0 Å². The number of hydrogen-bond acceptors (Lipinski definition) is 3. The topological polar surface area (TPSA) is 55.8 Å². The van der Waals surface area contributed by atoms with Crippen molar-refractivity contribution < 1.29 is 9.90 Å². The highest BCUT2D eigenvalue weighted by atomic mass is 16.3. The van der Waals surface area contributed by atoms with Gasteiger partial charge in [-0.1, -0.05) is 18.9 Å². The molecular formula is C19H29N3O2. The van der Waals surface area contributed by atoms with E-state index in [-0.39, 0.29) is 12.6 Å². The van der Waals surface area contributed by atoms with Crippen LogP contribution in [0, 0.1) is 5.92 Å². The Morgan fingerprint density at radius 1 is 1.08 bits per heavy atom. The summed E-state index contributed by atoms with van der Waals surface area (Å²) < 4.78 is 0. The quantitative estimate of drug-likeness (QED) is 0.893. The lowest BCUT2D eigenvalue weighted by atomic mass is 9.98. The largest absolute Gasteiger partial charge is 0.396 e. The molecule has 0 aromatic heterocycles. The van der Waals surface area contributed by atoms with E-state index < -0.39 is 0 Å².